The van der Waals surface area contributed by atoms with Gasteiger partial charge in [-0.1, -0.05) is 0 Å². The minimum Gasteiger partial charge on any atom is -0.545 e. The lowest BCUT2D eigenvalue weighted by Gasteiger charge is -2.16. The third kappa shape index (κ3) is 4.50. The van der Waals surface area contributed by atoms with Gasteiger partial charge in [-0.3, -0.25) is 0 Å². The van der Waals surface area contributed by atoms with Crippen LogP contribution in [0.5, 0.6) is 5.75 Å². The molecule has 0 aliphatic rings. The molecule has 0 spiro atoms. The molecular formula is C16H3F4I4O6-. The van der Waals surface area contributed by atoms with Crippen molar-refractivity contribution in [3.05, 3.63) is 54.2 Å². The first-order valence-electron chi connectivity index (χ1n) is 7.10. The van der Waals surface area contributed by atoms with E-state index in [1.54, 1.807) is 45.2 Å². The maximum Gasteiger partial charge on any atom is 0.345 e. The van der Waals surface area contributed by atoms with Gasteiger partial charge in [0, 0.05) is 14.3 Å². The van der Waals surface area contributed by atoms with Crippen LogP contribution >= 0.6 is 90.4 Å². The zero-order chi connectivity index (χ0) is 23.1. The number of carboxylic acids is 1. The Morgan fingerprint density at radius 2 is 1.10 bits per heavy atom. The Morgan fingerprint density at radius 3 is 1.47 bits per heavy atom. The molecule has 160 valence electrons. The van der Waals surface area contributed by atoms with E-state index in [1.807, 2.05) is 45.2 Å². The normalized spacial score (nSPS) is 10.7. The van der Waals surface area contributed by atoms with Gasteiger partial charge in [0.05, 0.1) is 29.8 Å². The van der Waals surface area contributed by atoms with Gasteiger partial charge in [-0.2, -0.15) is 8.78 Å². The maximum atomic E-state index is 14.1. The van der Waals surface area contributed by atoms with E-state index in [9.17, 15) is 37.1 Å². The lowest BCUT2D eigenvalue weighted by molar-refractivity contribution is -0.255. The zero-order valence-electron chi connectivity index (χ0n) is 14.0. The van der Waals surface area contributed by atoms with Crippen LogP contribution in [-0.4, -0.2) is 25.0 Å². The Morgan fingerprint density at radius 1 is 0.700 bits per heavy atom. The van der Waals surface area contributed by atoms with E-state index in [1.165, 1.54) is 0 Å². The smallest absolute Gasteiger partial charge is 0.345 e. The third-order valence-electron chi connectivity index (χ3n) is 3.48. The van der Waals surface area contributed by atoms with Crippen molar-refractivity contribution < 1.29 is 46.5 Å². The molecular weight excluding hydrogens is 872 g/mol. The number of halogens is 8. The van der Waals surface area contributed by atoms with Crippen LogP contribution in [0.4, 0.5) is 17.6 Å². The molecule has 0 aliphatic carbocycles. The van der Waals surface area contributed by atoms with Crippen LogP contribution in [0.3, 0.4) is 0 Å². The highest BCUT2D eigenvalue weighted by molar-refractivity contribution is 14.1. The van der Waals surface area contributed by atoms with E-state index >= 15 is 0 Å². The van der Waals surface area contributed by atoms with Crippen molar-refractivity contribution in [1.29, 1.82) is 0 Å². The molecule has 0 bridgehead atoms. The van der Waals surface area contributed by atoms with Crippen LogP contribution in [0.25, 0.3) is 0 Å². The Kier molecular flexibility index (Phi) is 8.55. The fraction of sp³-hybridized carbons (Fsp3) is 0.0625. The highest BCUT2D eigenvalue weighted by atomic mass is 127. The van der Waals surface area contributed by atoms with Gasteiger partial charge in [-0.15, -0.1) is 0 Å². The fourth-order valence-corrected chi connectivity index (χ4v) is 5.77. The van der Waals surface area contributed by atoms with Crippen molar-refractivity contribution in [1.82, 2.24) is 0 Å². The van der Waals surface area contributed by atoms with Crippen LogP contribution in [0.15, 0.2) is 0 Å². The molecule has 0 fully saturated rings. The maximum absolute atomic E-state index is 14.1. The SMILES string of the molecule is COC(=O)c1c(I)c(I)c(I)c(I)c1C(=O)Oc1c(F)c(F)c(C(=O)[O-])c(F)c1F. The number of esters is 2. The number of rotatable bonds is 4. The highest BCUT2D eigenvalue weighted by Gasteiger charge is 2.33. The number of aromatic carboxylic acids is 1. The average Bonchev–Trinajstić information content (AvgIpc) is 2.69. The Bertz CT molecular complexity index is 1090. The molecule has 0 aromatic heterocycles. The predicted molar refractivity (Wildman–Crippen MR) is 124 cm³/mol. The molecule has 0 N–H and O–H groups in total. The third-order valence-corrected chi connectivity index (χ3v) is 10.9. The molecule has 14 heteroatoms. The summed E-state index contributed by atoms with van der Waals surface area (Å²) in [5.74, 6) is -16.0. The number of hydrogen-bond donors (Lipinski definition) is 0. The molecule has 30 heavy (non-hydrogen) atoms. The van der Waals surface area contributed by atoms with Gasteiger partial charge in [-0.05, 0) is 90.4 Å². The van der Waals surface area contributed by atoms with E-state index in [0.29, 0.717) is 7.14 Å². The lowest BCUT2D eigenvalue weighted by atomic mass is 10.1. The number of benzene rings is 2. The zero-order valence-corrected chi connectivity index (χ0v) is 22.6. The van der Waals surface area contributed by atoms with E-state index < -0.39 is 58.1 Å². The summed E-state index contributed by atoms with van der Waals surface area (Å²) in [7, 11) is 1.04. The van der Waals surface area contributed by atoms with E-state index in [4.69, 9.17) is 0 Å². The van der Waals surface area contributed by atoms with Crippen LogP contribution < -0.4 is 9.84 Å². The van der Waals surface area contributed by atoms with Crippen LogP contribution in [0.1, 0.15) is 31.1 Å². The summed E-state index contributed by atoms with van der Waals surface area (Å²) >= 11 is 7.18. The van der Waals surface area contributed by atoms with Gasteiger partial charge < -0.3 is 19.4 Å². The number of carboxylic acid groups (broad SMARTS) is 1. The Labute approximate surface area is 219 Å². The van der Waals surface area contributed by atoms with Crippen molar-refractivity contribution in [2.45, 2.75) is 0 Å². The van der Waals surface area contributed by atoms with Crippen molar-refractivity contribution in [3.8, 4) is 5.75 Å². The van der Waals surface area contributed by atoms with Crippen molar-refractivity contribution >= 4 is 108 Å². The molecule has 0 aliphatic heterocycles. The molecule has 2 rings (SSSR count). The summed E-state index contributed by atoms with van der Waals surface area (Å²) in [6.45, 7) is 0. The van der Waals surface area contributed by atoms with E-state index in [-0.39, 0.29) is 12.7 Å². The first-order chi connectivity index (χ1) is 13.9. The summed E-state index contributed by atoms with van der Waals surface area (Å²) in [5, 5.41) is 10.7. The number of carbonyl (C=O) groups is 3. The second-order valence-electron chi connectivity index (χ2n) is 5.13. The molecule has 0 amide bonds. The largest absolute Gasteiger partial charge is 0.545 e. The summed E-state index contributed by atoms with van der Waals surface area (Å²) in [4.78, 5) is 35.6. The number of methoxy groups -OCH3 is 1. The second-order valence-corrected chi connectivity index (χ2v) is 9.45. The second kappa shape index (κ2) is 9.96. The molecule has 2 aromatic carbocycles. The van der Waals surface area contributed by atoms with Gasteiger partial charge in [0.2, 0.25) is 17.4 Å². The summed E-state index contributed by atoms with van der Waals surface area (Å²) < 4.78 is 66.6. The molecule has 0 unspecified atom stereocenters. The number of hydrogen-bond acceptors (Lipinski definition) is 6. The first kappa shape index (κ1) is 25.7. The van der Waals surface area contributed by atoms with Crippen molar-refractivity contribution in [2.75, 3.05) is 7.11 Å². The molecule has 0 saturated carbocycles. The van der Waals surface area contributed by atoms with E-state index in [0.717, 1.165) is 7.11 Å². The molecule has 6 nitrogen and oxygen atoms in total. The van der Waals surface area contributed by atoms with Gasteiger partial charge in [0.15, 0.2) is 11.6 Å². The summed E-state index contributed by atoms with van der Waals surface area (Å²) in [5.41, 5.74) is -2.74. The summed E-state index contributed by atoms with van der Waals surface area (Å²) in [6, 6.07) is 0. The van der Waals surface area contributed by atoms with Crippen molar-refractivity contribution in [2.24, 2.45) is 0 Å². The Hall–Kier alpha value is -0.510. The number of ether oxygens (including phenoxy) is 2. The first-order valence-corrected chi connectivity index (χ1v) is 11.4. The van der Waals surface area contributed by atoms with Gasteiger partial charge in [-0.25, -0.2) is 18.4 Å². The van der Waals surface area contributed by atoms with Gasteiger partial charge in [0.1, 0.15) is 0 Å². The van der Waals surface area contributed by atoms with Crippen LogP contribution in [0, 0.1) is 37.5 Å². The quantitative estimate of drug-likeness (QED) is 0.115. The van der Waals surface area contributed by atoms with Crippen molar-refractivity contribution in [3.63, 3.8) is 0 Å². The topological polar surface area (TPSA) is 92.7 Å². The summed E-state index contributed by atoms with van der Waals surface area (Å²) in [6.07, 6.45) is 0. The van der Waals surface area contributed by atoms with Gasteiger partial charge in [0.25, 0.3) is 0 Å². The highest BCUT2D eigenvalue weighted by Crippen LogP contribution is 2.35. The molecule has 0 saturated heterocycles. The fourth-order valence-electron chi connectivity index (χ4n) is 2.14. The van der Waals surface area contributed by atoms with Crippen LogP contribution in [-0.2, 0) is 4.74 Å². The molecule has 0 radical (unpaired) electrons. The standard InChI is InChI=1S/C16H4F4I4O6/c1-29-15(27)2-3(10(22)12(24)11(23)9(2)21)16(28)30-13-7(19)5(17)4(14(25)26)6(18)8(13)20/h1H3,(H,25,26)/p-1. The molecule has 0 heterocycles. The number of carbonyl (C=O) groups excluding carboxylic acids is 3. The monoisotopic (exact) mass is 875 g/mol. The predicted octanol–water partition coefficient (Wildman–Crippen LogP) is 4.03. The lowest BCUT2D eigenvalue weighted by Crippen LogP contribution is -2.27. The van der Waals surface area contributed by atoms with E-state index in [2.05, 4.69) is 9.47 Å². The minimum absolute atomic E-state index is 0.150. The average molecular weight is 875 g/mol. The minimum atomic E-state index is -2.51. The molecule has 2 aromatic rings. The van der Waals surface area contributed by atoms with Gasteiger partial charge >= 0.3 is 11.9 Å². The Balaban J connectivity index is 2.74. The molecule has 0 atom stereocenters. The van der Waals surface area contributed by atoms with Crippen LogP contribution in [0.2, 0.25) is 0 Å².